The molecule has 6 nitrogen and oxygen atoms in total. The van der Waals surface area contributed by atoms with Gasteiger partial charge in [0, 0.05) is 19.1 Å². The normalized spacial score (nSPS) is 12.6. The second-order valence-corrected chi connectivity index (χ2v) is 8.20. The van der Waals surface area contributed by atoms with E-state index in [1.165, 1.54) is 11.8 Å². The van der Waals surface area contributed by atoms with Gasteiger partial charge in [0.2, 0.25) is 5.89 Å². The van der Waals surface area contributed by atoms with Gasteiger partial charge in [-0.05, 0) is 43.4 Å². The smallest absolute Gasteiger partial charge is 0.273 e. The third-order valence-electron chi connectivity index (χ3n) is 4.95. The predicted octanol–water partition coefficient (Wildman–Crippen LogP) is 4.51. The lowest BCUT2D eigenvalue weighted by molar-refractivity contribution is 0.0943. The van der Waals surface area contributed by atoms with Crippen LogP contribution in [0.2, 0.25) is 0 Å². The van der Waals surface area contributed by atoms with Crippen LogP contribution in [0.25, 0.3) is 0 Å². The topological polar surface area (TPSA) is 67.6 Å². The van der Waals surface area contributed by atoms with Crippen molar-refractivity contribution < 1.29 is 13.9 Å². The average Bonchev–Trinajstić information content (AvgIpc) is 3.15. The molecule has 160 valence electrons. The Hall–Kier alpha value is -2.34. The fourth-order valence-electron chi connectivity index (χ4n) is 2.91. The first kappa shape index (κ1) is 22.9. The monoisotopic (exact) mass is 401 g/mol. The van der Waals surface area contributed by atoms with Crippen LogP contribution in [0.5, 0.6) is 5.75 Å². The first-order valence-corrected chi connectivity index (χ1v) is 10.5. The van der Waals surface area contributed by atoms with Gasteiger partial charge in [-0.2, -0.15) is 0 Å². The molecular formula is C23H35N3O3. The van der Waals surface area contributed by atoms with Crippen molar-refractivity contribution in [3.8, 4) is 5.75 Å². The van der Waals surface area contributed by atoms with Crippen LogP contribution in [-0.2, 0) is 13.1 Å². The van der Waals surface area contributed by atoms with E-state index in [-0.39, 0.29) is 5.91 Å². The first-order valence-electron chi connectivity index (χ1n) is 10.5. The van der Waals surface area contributed by atoms with Crippen LogP contribution < -0.4 is 10.1 Å². The fraction of sp³-hybridized carbons (Fsp3) is 0.565. The molecule has 0 saturated carbocycles. The second-order valence-electron chi connectivity index (χ2n) is 8.20. The number of amides is 1. The minimum atomic E-state index is -0.191. The molecule has 0 aliphatic rings. The summed E-state index contributed by atoms with van der Waals surface area (Å²) in [5.74, 6) is 2.11. The van der Waals surface area contributed by atoms with E-state index in [1.807, 2.05) is 19.1 Å². The molecule has 0 bridgehead atoms. The summed E-state index contributed by atoms with van der Waals surface area (Å²) >= 11 is 0. The summed E-state index contributed by atoms with van der Waals surface area (Å²) in [7, 11) is 0. The molecule has 1 N–H and O–H groups in total. The number of rotatable bonds is 11. The van der Waals surface area contributed by atoms with Gasteiger partial charge < -0.3 is 14.5 Å². The maximum atomic E-state index is 12.2. The van der Waals surface area contributed by atoms with E-state index < -0.39 is 0 Å². The third kappa shape index (κ3) is 7.20. The Bertz CT molecular complexity index is 753. The number of benzene rings is 1. The van der Waals surface area contributed by atoms with Gasteiger partial charge in [0.1, 0.15) is 12.0 Å². The number of nitrogens with zero attached hydrogens (tertiary/aromatic N) is 2. The molecule has 0 aliphatic heterocycles. The number of hydrogen-bond acceptors (Lipinski definition) is 5. The number of oxazole rings is 1. The predicted molar refractivity (Wildman–Crippen MR) is 115 cm³/mol. The minimum Gasteiger partial charge on any atom is -0.494 e. The highest BCUT2D eigenvalue weighted by Crippen LogP contribution is 2.20. The number of carbonyl (C=O) groups is 1. The van der Waals surface area contributed by atoms with Gasteiger partial charge in [0.25, 0.3) is 5.91 Å². The maximum absolute atomic E-state index is 12.2. The highest BCUT2D eigenvalue weighted by molar-refractivity contribution is 5.91. The summed E-state index contributed by atoms with van der Waals surface area (Å²) in [4.78, 5) is 18.9. The van der Waals surface area contributed by atoms with Gasteiger partial charge in [0.15, 0.2) is 5.69 Å². The Morgan fingerprint density at radius 2 is 1.83 bits per heavy atom. The van der Waals surface area contributed by atoms with Crippen LogP contribution in [0, 0.1) is 11.8 Å². The van der Waals surface area contributed by atoms with E-state index in [4.69, 9.17) is 9.15 Å². The van der Waals surface area contributed by atoms with E-state index in [1.54, 1.807) is 0 Å². The molecule has 2 rings (SSSR count). The number of carbonyl (C=O) groups excluding carboxylic acids is 1. The van der Waals surface area contributed by atoms with Crippen LogP contribution in [-0.4, -0.2) is 35.0 Å². The average molecular weight is 402 g/mol. The van der Waals surface area contributed by atoms with Crippen molar-refractivity contribution in [2.45, 2.75) is 60.7 Å². The van der Waals surface area contributed by atoms with Gasteiger partial charge in [-0.15, -0.1) is 0 Å². The lowest BCUT2D eigenvalue weighted by Crippen LogP contribution is -2.36. The minimum absolute atomic E-state index is 0.191. The fourth-order valence-corrected chi connectivity index (χ4v) is 2.91. The van der Waals surface area contributed by atoms with Crippen LogP contribution >= 0.6 is 0 Å². The van der Waals surface area contributed by atoms with Crippen LogP contribution in [0.3, 0.4) is 0 Å². The molecule has 1 aromatic carbocycles. The van der Waals surface area contributed by atoms with E-state index in [9.17, 15) is 4.79 Å². The Balaban J connectivity index is 2.08. The largest absolute Gasteiger partial charge is 0.494 e. The molecule has 1 atom stereocenters. The number of aromatic nitrogens is 1. The molecule has 6 heteroatoms. The molecule has 1 heterocycles. The van der Waals surface area contributed by atoms with Crippen molar-refractivity contribution in [3.63, 3.8) is 0 Å². The molecule has 0 radical (unpaired) electrons. The van der Waals surface area contributed by atoms with E-state index in [0.29, 0.717) is 49.2 Å². The third-order valence-corrected chi connectivity index (χ3v) is 4.95. The molecular weight excluding hydrogens is 366 g/mol. The van der Waals surface area contributed by atoms with E-state index in [0.717, 1.165) is 12.3 Å². The van der Waals surface area contributed by atoms with Gasteiger partial charge in [-0.25, -0.2) is 4.98 Å². The Kier molecular flexibility index (Phi) is 8.70. The van der Waals surface area contributed by atoms with Crippen LogP contribution in [0.4, 0.5) is 0 Å². The van der Waals surface area contributed by atoms with Gasteiger partial charge in [-0.3, -0.25) is 9.69 Å². The summed E-state index contributed by atoms with van der Waals surface area (Å²) in [6, 6.07) is 8.50. The molecule has 1 amide bonds. The van der Waals surface area contributed by atoms with Crippen molar-refractivity contribution in [3.05, 3.63) is 47.7 Å². The summed E-state index contributed by atoms with van der Waals surface area (Å²) in [5.41, 5.74) is 1.53. The van der Waals surface area contributed by atoms with Crippen molar-refractivity contribution in [1.29, 1.82) is 0 Å². The lowest BCUT2D eigenvalue weighted by Gasteiger charge is -2.30. The molecule has 2 aromatic rings. The highest BCUT2D eigenvalue weighted by atomic mass is 16.5. The molecule has 0 fully saturated rings. The SMILES string of the molecule is CCOc1ccc(CN(Cc2nc(C(=O)NCC(C)C)co2)C(C)C(C)C)cc1. The van der Waals surface area contributed by atoms with Gasteiger partial charge >= 0.3 is 0 Å². The van der Waals surface area contributed by atoms with Crippen molar-refractivity contribution in [1.82, 2.24) is 15.2 Å². The summed E-state index contributed by atoms with van der Waals surface area (Å²) < 4.78 is 11.1. The zero-order chi connectivity index (χ0) is 21.4. The van der Waals surface area contributed by atoms with Crippen molar-refractivity contribution >= 4 is 5.91 Å². The maximum Gasteiger partial charge on any atom is 0.273 e. The van der Waals surface area contributed by atoms with Gasteiger partial charge in [0.05, 0.1) is 13.2 Å². The highest BCUT2D eigenvalue weighted by Gasteiger charge is 2.21. The molecule has 0 saturated heterocycles. The molecule has 1 aromatic heterocycles. The van der Waals surface area contributed by atoms with Crippen LogP contribution in [0.15, 0.2) is 34.9 Å². The molecule has 29 heavy (non-hydrogen) atoms. The van der Waals surface area contributed by atoms with Crippen molar-refractivity contribution in [2.75, 3.05) is 13.2 Å². The zero-order valence-electron chi connectivity index (χ0n) is 18.6. The summed E-state index contributed by atoms with van der Waals surface area (Å²) in [6.07, 6.45) is 1.44. The quantitative estimate of drug-likeness (QED) is 0.600. The first-order chi connectivity index (χ1) is 13.8. The molecule has 1 unspecified atom stereocenters. The van der Waals surface area contributed by atoms with Gasteiger partial charge in [-0.1, -0.05) is 39.8 Å². The lowest BCUT2D eigenvalue weighted by atomic mass is 10.0. The van der Waals surface area contributed by atoms with Crippen molar-refractivity contribution in [2.24, 2.45) is 11.8 Å². The van der Waals surface area contributed by atoms with Crippen LogP contribution in [0.1, 0.15) is 63.5 Å². The summed E-state index contributed by atoms with van der Waals surface area (Å²) in [6.45, 7) is 15.3. The standard InChI is InChI=1S/C23H35N3O3/c1-7-28-20-10-8-19(9-11-20)13-26(18(6)17(4)5)14-22-25-21(15-29-22)23(27)24-12-16(2)3/h8-11,15-18H,7,12-14H2,1-6H3,(H,24,27). The number of ether oxygens (including phenoxy) is 1. The Labute approximate surface area is 174 Å². The van der Waals surface area contributed by atoms with E-state index >= 15 is 0 Å². The molecule has 0 aliphatic carbocycles. The number of hydrogen-bond donors (Lipinski definition) is 1. The Morgan fingerprint density at radius 1 is 1.14 bits per heavy atom. The zero-order valence-corrected chi connectivity index (χ0v) is 18.6. The molecule has 0 spiro atoms. The Morgan fingerprint density at radius 3 is 2.41 bits per heavy atom. The van der Waals surface area contributed by atoms with E-state index in [2.05, 4.69) is 62.0 Å². The summed E-state index contributed by atoms with van der Waals surface area (Å²) in [5, 5.41) is 2.87. The number of nitrogens with one attached hydrogen (secondary N) is 1. The second kappa shape index (κ2) is 11.0.